The van der Waals surface area contributed by atoms with E-state index < -0.39 is 0 Å². The maximum Gasteiger partial charge on any atom is 0.242 e. The fraction of sp³-hybridized carbons (Fsp3) is 0.625. The predicted molar refractivity (Wildman–Crippen MR) is 163 cm³/mol. The van der Waals surface area contributed by atoms with Gasteiger partial charge in [-0.3, -0.25) is 9.59 Å². The number of nitrogens with zero attached hydrogens (tertiary/aromatic N) is 2. The molecule has 0 aliphatic carbocycles. The Labute approximate surface area is 245 Å². The minimum atomic E-state index is -0.0294. The number of thiophene rings is 1. The molecule has 0 unspecified atom stereocenters. The van der Waals surface area contributed by atoms with Crippen molar-refractivity contribution in [1.29, 1.82) is 0 Å². The normalized spacial score (nSPS) is 10.9. The van der Waals surface area contributed by atoms with E-state index in [1.165, 1.54) is 32.1 Å². The minimum Gasteiger partial charge on any atom is -0.493 e. The maximum absolute atomic E-state index is 13.7. The van der Waals surface area contributed by atoms with Crippen molar-refractivity contribution < 1.29 is 23.8 Å². The summed E-state index contributed by atoms with van der Waals surface area (Å²) in [6.07, 6.45) is 10.0. The van der Waals surface area contributed by atoms with E-state index in [2.05, 4.69) is 6.92 Å². The average Bonchev–Trinajstić information content (AvgIpc) is 3.49. The number of ether oxygens (including phenoxy) is 3. The molecule has 0 saturated carbocycles. The number of hydrogen-bond donors (Lipinski definition) is 0. The summed E-state index contributed by atoms with van der Waals surface area (Å²) >= 11 is 1.64. The van der Waals surface area contributed by atoms with Crippen LogP contribution >= 0.6 is 11.3 Å². The molecule has 0 N–H and O–H groups in total. The summed E-state index contributed by atoms with van der Waals surface area (Å²) < 4.78 is 16.3. The molecular formula is C32H50N2O5S. The highest BCUT2D eigenvalue weighted by molar-refractivity contribution is 7.09. The van der Waals surface area contributed by atoms with Gasteiger partial charge in [0.05, 0.1) is 27.3 Å². The van der Waals surface area contributed by atoms with Crippen molar-refractivity contribution in [3.05, 3.63) is 46.2 Å². The SMILES string of the molecule is CCCCCCCCCC(=O)N(CCCOCC)CC(=O)N(CCc1ccc(OC)c(OC)c1)Cc1cccs1. The van der Waals surface area contributed by atoms with E-state index in [4.69, 9.17) is 14.2 Å². The van der Waals surface area contributed by atoms with E-state index in [-0.39, 0.29) is 18.4 Å². The zero-order valence-electron chi connectivity index (χ0n) is 25.1. The number of carbonyl (C=O) groups is 2. The Morgan fingerprint density at radius 1 is 0.825 bits per heavy atom. The van der Waals surface area contributed by atoms with Gasteiger partial charge in [0, 0.05) is 37.6 Å². The molecule has 0 saturated heterocycles. The number of rotatable bonds is 22. The molecule has 224 valence electrons. The quantitative estimate of drug-likeness (QED) is 0.146. The first kappa shape index (κ1) is 33.6. The summed E-state index contributed by atoms with van der Waals surface area (Å²) in [5, 5.41) is 2.03. The molecule has 0 radical (unpaired) electrons. The molecule has 0 spiro atoms. The van der Waals surface area contributed by atoms with Crippen molar-refractivity contribution >= 4 is 23.2 Å². The Morgan fingerprint density at radius 3 is 2.25 bits per heavy atom. The molecule has 8 heteroatoms. The fourth-order valence-electron chi connectivity index (χ4n) is 4.63. The van der Waals surface area contributed by atoms with Crippen molar-refractivity contribution in [1.82, 2.24) is 9.80 Å². The highest BCUT2D eigenvalue weighted by Gasteiger charge is 2.22. The third-order valence-electron chi connectivity index (χ3n) is 6.99. The van der Waals surface area contributed by atoms with Crippen LogP contribution in [0.3, 0.4) is 0 Å². The van der Waals surface area contributed by atoms with Crippen LogP contribution in [0.5, 0.6) is 11.5 Å². The van der Waals surface area contributed by atoms with E-state index in [1.807, 2.05) is 47.5 Å². The smallest absolute Gasteiger partial charge is 0.242 e. The highest BCUT2D eigenvalue weighted by Crippen LogP contribution is 2.28. The summed E-state index contributed by atoms with van der Waals surface area (Å²) in [4.78, 5) is 31.6. The van der Waals surface area contributed by atoms with Crippen LogP contribution in [-0.2, 0) is 27.3 Å². The maximum atomic E-state index is 13.7. The second-order valence-electron chi connectivity index (χ2n) is 10.1. The molecule has 1 aromatic carbocycles. The predicted octanol–water partition coefficient (Wildman–Crippen LogP) is 6.73. The Kier molecular flexibility index (Phi) is 17.1. The first-order chi connectivity index (χ1) is 19.5. The molecule has 0 aliphatic rings. The number of unbranched alkanes of at least 4 members (excludes halogenated alkanes) is 6. The summed E-state index contributed by atoms with van der Waals surface area (Å²) in [5.41, 5.74) is 1.06. The van der Waals surface area contributed by atoms with Crippen LogP contribution in [0.1, 0.15) is 82.1 Å². The van der Waals surface area contributed by atoms with Gasteiger partial charge >= 0.3 is 0 Å². The lowest BCUT2D eigenvalue weighted by atomic mass is 10.1. The van der Waals surface area contributed by atoms with Gasteiger partial charge < -0.3 is 24.0 Å². The monoisotopic (exact) mass is 574 g/mol. The van der Waals surface area contributed by atoms with Crippen LogP contribution in [0.2, 0.25) is 0 Å². The van der Waals surface area contributed by atoms with Crippen molar-refractivity contribution in [2.75, 3.05) is 47.1 Å². The van der Waals surface area contributed by atoms with Crippen molar-refractivity contribution in [3.63, 3.8) is 0 Å². The van der Waals surface area contributed by atoms with Crippen LogP contribution in [0.4, 0.5) is 0 Å². The zero-order chi connectivity index (χ0) is 29.0. The third kappa shape index (κ3) is 12.7. The average molecular weight is 575 g/mol. The van der Waals surface area contributed by atoms with Crippen LogP contribution in [0, 0.1) is 0 Å². The molecule has 40 heavy (non-hydrogen) atoms. The van der Waals surface area contributed by atoms with Gasteiger partial charge in [-0.1, -0.05) is 57.6 Å². The minimum absolute atomic E-state index is 0.0294. The molecule has 2 aromatic rings. The summed E-state index contributed by atoms with van der Waals surface area (Å²) in [5.74, 6) is 1.39. The Balaban J connectivity index is 2.04. The van der Waals surface area contributed by atoms with Crippen LogP contribution < -0.4 is 9.47 Å². The van der Waals surface area contributed by atoms with Crippen LogP contribution in [0.15, 0.2) is 35.7 Å². The number of benzene rings is 1. The molecule has 2 rings (SSSR count). The first-order valence-corrected chi connectivity index (χ1v) is 15.8. The summed E-state index contributed by atoms with van der Waals surface area (Å²) in [7, 11) is 3.24. The first-order valence-electron chi connectivity index (χ1n) is 14.9. The topological polar surface area (TPSA) is 68.3 Å². The van der Waals surface area contributed by atoms with E-state index in [9.17, 15) is 9.59 Å². The van der Waals surface area contributed by atoms with Crippen molar-refractivity contribution in [2.45, 2.75) is 84.6 Å². The lowest BCUT2D eigenvalue weighted by Gasteiger charge is -2.28. The molecular weight excluding hydrogens is 524 g/mol. The van der Waals surface area contributed by atoms with Gasteiger partial charge in [0.1, 0.15) is 0 Å². The molecule has 1 aromatic heterocycles. The lowest BCUT2D eigenvalue weighted by Crippen LogP contribution is -2.43. The molecule has 7 nitrogen and oxygen atoms in total. The molecule has 0 aliphatic heterocycles. The van der Waals surface area contributed by atoms with Crippen molar-refractivity contribution in [3.8, 4) is 11.5 Å². The highest BCUT2D eigenvalue weighted by atomic mass is 32.1. The summed E-state index contributed by atoms with van der Waals surface area (Å²) in [6, 6.07) is 9.90. The van der Waals surface area contributed by atoms with Gasteiger partial charge in [0.25, 0.3) is 0 Å². The Hall–Kier alpha value is -2.58. The largest absolute Gasteiger partial charge is 0.493 e. The molecule has 0 bridgehead atoms. The Bertz CT molecular complexity index is 966. The number of hydrogen-bond acceptors (Lipinski definition) is 6. The van der Waals surface area contributed by atoms with Gasteiger partial charge in [-0.25, -0.2) is 0 Å². The second kappa shape index (κ2) is 20.3. The van der Waals surface area contributed by atoms with E-state index >= 15 is 0 Å². The van der Waals surface area contributed by atoms with E-state index in [1.54, 1.807) is 30.5 Å². The van der Waals surface area contributed by atoms with Gasteiger partial charge in [-0.05, 0) is 55.3 Å². The van der Waals surface area contributed by atoms with Crippen LogP contribution in [-0.4, -0.2) is 68.7 Å². The van der Waals surface area contributed by atoms with Gasteiger partial charge in [-0.2, -0.15) is 0 Å². The number of amides is 2. The van der Waals surface area contributed by atoms with Crippen LogP contribution in [0.25, 0.3) is 0 Å². The van der Waals surface area contributed by atoms with E-state index in [0.29, 0.717) is 57.2 Å². The molecule has 1 heterocycles. The van der Waals surface area contributed by atoms with Gasteiger partial charge in [0.2, 0.25) is 11.8 Å². The Morgan fingerprint density at radius 2 is 1.57 bits per heavy atom. The van der Waals surface area contributed by atoms with Crippen molar-refractivity contribution in [2.24, 2.45) is 0 Å². The lowest BCUT2D eigenvalue weighted by molar-refractivity contribution is -0.141. The number of carbonyl (C=O) groups excluding carboxylic acids is 2. The zero-order valence-corrected chi connectivity index (χ0v) is 25.9. The third-order valence-corrected chi connectivity index (χ3v) is 7.85. The van der Waals surface area contributed by atoms with Gasteiger partial charge in [0.15, 0.2) is 11.5 Å². The second-order valence-corrected chi connectivity index (χ2v) is 11.1. The molecule has 2 amide bonds. The van der Waals surface area contributed by atoms with E-state index in [0.717, 1.165) is 29.7 Å². The fourth-order valence-corrected chi connectivity index (χ4v) is 5.35. The number of methoxy groups -OCH3 is 2. The molecule has 0 atom stereocenters. The molecule has 0 fully saturated rings. The van der Waals surface area contributed by atoms with Gasteiger partial charge in [-0.15, -0.1) is 11.3 Å². The standard InChI is InChI=1S/C32H50N2O5S/c1-5-7-8-9-10-11-12-16-31(35)33(20-14-22-39-6-2)26-32(36)34(25-28-15-13-23-40-28)21-19-27-17-18-29(37-3)30(24-27)38-4/h13,15,17-18,23-24H,5-12,14,16,19-22,25-26H2,1-4H3. The summed E-state index contributed by atoms with van der Waals surface area (Å²) in [6.45, 7) is 7.13.